The molecule has 0 unspecified atom stereocenters. The van der Waals surface area contributed by atoms with Crippen LogP contribution in [0.25, 0.3) is 10.1 Å². The number of nitrogens with zero attached hydrogens (tertiary/aromatic N) is 4. The summed E-state index contributed by atoms with van der Waals surface area (Å²) < 4.78 is 39.6. The number of hydrogen-bond acceptors (Lipinski definition) is 7. The summed E-state index contributed by atoms with van der Waals surface area (Å²) in [6.07, 6.45) is -2.12. The van der Waals surface area contributed by atoms with E-state index >= 15 is 0 Å². The molecule has 2 aliphatic heterocycles. The minimum absolute atomic E-state index is 0.0971. The SMILES string of the molecule is O=c1nc(N2CCC3(CCN(Cc4ccc(Cl)cc4Cl)C3)CC2)sc2c([N+](=O)[O-])cc(C(F)(F)F)cc12. The summed E-state index contributed by atoms with van der Waals surface area (Å²) in [6.45, 7) is 3.73. The average Bonchev–Trinajstić information content (AvgIpc) is 3.21. The van der Waals surface area contributed by atoms with Gasteiger partial charge in [0.05, 0.1) is 15.9 Å². The van der Waals surface area contributed by atoms with Crippen LogP contribution in [0.5, 0.6) is 0 Å². The number of fused-ring (bicyclic) bond motifs is 1. The topological polar surface area (TPSA) is 79.6 Å². The lowest BCUT2D eigenvalue weighted by Crippen LogP contribution is -2.42. The molecule has 2 aromatic carbocycles. The zero-order valence-electron chi connectivity index (χ0n) is 19.4. The predicted molar refractivity (Wildman–Crippen MR) is 138 cm³/mol. The molecule has 37 heavy (non-hydrogen) atoms. The molecule has 0 bridgehead atoms. The van der Waals surface area contributed by atoms with Crippen molar-refractivity contribution in [2.24, 2.45) is 5.41 Å². The summed E-state index contributed by atoms with van der Waals surface area (Å²) in [7, 11) is 0. The summed E-state index contributed by atoms with van der Waals surface area (Å²) >= 11 is 13.2. The Morgan fingerprint density at radius 3 is 2.46 bits per heavy atom. The van der Waals surface area contributed by atoms with Gasteiger partial charge in [0.15, 0.2) is 5.13 Å². The van der Waals surface area contributed by atoms with Gasteiger partial charge in [-0.05, 0) is 55.0 Å². The molecule has 0 N–H and O–H groups in total. The summed E-state index contributed by atoms with van der Waals surface area (Å²) in [5, 5.41) is 12.7. The number of likely N-dealkylation sites (tertiary alicyclic amines) is 1. The van der Waals surface area contributed by atoms with E-state index in [1.807, 2.05) is 17.0 Å². The third-order valence-electron chi connectivity index (χ3n) is 7.24. The van der Waals surface area contributed by atoms with Crippen LogP contribution in [-0.2, 0) is 12.7 Å². The number of nitro benzene ring substituents is 1. The number of piperidine rings is 1. The number of nitro groups is 1. The number of halogens is 5. The lowest BCUT2D eigenvalue weighted by atomic mass is 9.78. The van der Waals surface area contributed by atoms with E-state index in [2.05, 4.69) is 9.88 Å². The van der Waals surface area contributed by atoms with Crippen molar-refractivity contribution in [1.29, 1.82) is 0 Å². The quantitative estimate of drug-likeness (QED) is 0.266. The smallest absolute Gasteiger partial charge is 0.348 e. The van der Waals surface area contributed by atoms with Crippen molar-refractivity contribution in [3.8, 4) is 0 Å². The average molecular weight is 573 g/mol. The van der Waals surface area contributed by atoms with Crippen LogP contribution in [0.15, 0.2) is 35.1 Å². The van der Waals surface area contributed by atoms with Crippen LogP contribution >= 0.6 is 34.5 Å². The number of aromatic nitrogens is 1. The number of benzene rings is 2. The molecular weight excluding hydrogens is 552 g/mol. The Morgan fingerprint density at radius 2 is 1.81 bits per heavy atom. The molecule has 3 aromatic rings. The Balaban J connectivity index is 1.33. The lowest BCUT2D eigenvalue weighted by molar-refractivity contribution is -0.383. The Morgan fingerprint density at radius 1 is 1.11 bits per heavy atom. The summed E-state index contributed by atoms with van der Waals surface area (Å²) in [4.78, 5) is 31.6. The van der Waals surface area contributed by atoms with Gasteiger partial charge in [-0.3, -0.25) is 19.8 Å². The van der Waals surface area contributed by atoms with Gasteiger partial charge in [0, 0.05) is 42.3 Å². The number of alkyl halides is 3. The van der Waals surface area contributed by atoms with E-state index in [0.717, 1.165) is 55.8 Å². The van der Waals surface area contributed by atoms with Crippen molar-refractivity contribution in [3.05, 3.63) is 72.0 Å². The van der Waals surface area contributed by atoms with E-state index in [1.165, 1.54) is 0 Å². The van der Waals surface area contributed by atoms with Crippen LogP contribution in [0.2, 0.25) is 10.0 Å². The number of non-ortho nitro benzene ring substituents is 1. The van der Waals surface area contributed by atoms with Crippen LogP contribution in [0.1, 0.15) is 30.4 Å². The molecule has 2 saturated heterocycles. The highest BCUT2D eigenvalue weighted by atomic mass is 35.5. The van der Waals surface area contributed by atoms with Crippen LogP contribution in [0.4, 0.5) is 24.0 Å². The molecule has 0 aliphatic carbocycles. The molecule has 0 radical (unpaired) electrons. The first-order valence-electron chi connectivity index (χ1n) is 11.6. The van der Waals surface area contributed by atoms with E-state index in [0.29, 0.717) is 35.3 Å². The van der Waals surface area contributed by atoms with Crippen LogP contribution in [-0.4, -0.2) is 41.0 Å². The zero-order valence-corrected chi connectivity index (χ0v) is 21.7. The van der Waals surface area contributed by atoms with E-state index in [4.69, 9.17) is 23.2 Å². The Labute approximate surface area is 223 Å². The number of hydrogen-bond donors (Lipinski definition) is 0. The van der Waals surface area contributed by atoms with Gasteiger partial charge in [0.1, 0.15) is 4.70 Å². The molecule has 196 valence electrons. The van der Waals surface area contributed by atoms with Gasteiger partial charge in [-0.1, -0.05) is 40.6 Å². The Hall–Kier alpha value is -2.47. The zero-order chi connectivity index (χ0) is 26.5. The maximum atomic E-state index is 13.2. The third-order valence-corrected chi connectivity index (χ3v) is 8.99. The van der Waals surface area contributed by atoms with Gasteiger partial charge < -0.3 is 4.90 Å². The Kier molecular flexibility index (Phi) is 6.84. The van der Waals surface area contributed by atoms with Crippen LogP contribution < -0.4 is 10.5 Å². The monoisotopic (exact) mass is 572 g/mol. The summed E-state index contributed by atoms with van der Waals surface area (Å²) in [5.41, 5.74) is -1.76. The minimum atomic E-state index is -4.82. The molecule has 13 heteroatoms. The fourth-order valence-electron chi connectivity index (χ4n) is 5.21. The molecule has 1 spiro atoms. The van der Waals surface area contributed by atoms with Gasteiger partial charge >= 0.3 is 6.18 Å². The fourth-order valence-corrected chi connectivity index (χ4v) is 6.79. The molecule has 0 amide bonds. The van der Waals surface area contributed by atoms with Gasteiger partial charge in [0.2, 0.25) is 0 Å². The summed E-state index contributed by atoms with van der Waals surface area (Å²) in [5.74, 6) is 0. The van der Waals surface area contributed by atoms with Crippen molar-refractivity contribution in [3.63, 3.8) is 0 Å². The summed E-state index contributed by atoms with van der Waals surface area (Å²) in [6, 6.07) is 6.61. The second-order valence-corrected chi connectivity index (χ2v) is 11.4. The molecule has 2 fully saturated rings. The first-order valence-corrected chi connectivity index (χ1v) is 13.1. The Bertz CT molecular complexity index is 1440. The van der Waals surface area contributed by atoms with Crippen LogP contribution in [0.3, 0.4) is 0 Å². The maximum absolute atomic E-state index is 13.2. The molecule has 0 atom stereocenters. The molecule has 1 aromatic heterocycles. The number of rotatable bonds is 4. The highest BCUT2D eigenvalue weighted by Gasteiger charge is 2.41. The van der Waals surface area contributed by atoms with E-state index in [1.54, 1.807) is 6.07 Å². The van der Waals surface area contributed by atoms with Gasteiger partial charge in [-0.25, -0.2) is 0 Å². The second kappa shape index (κ2) is 9.68. The third kappa shape index (κ3) is 5.27. The van der Waals surface area contributed by atoms with Gasteiger partial charge in [0.25, 0.3) is 11.2 Å². The predicted octanol–water partition coefficient (Wildman–Crippen LogP) is 6.38. The maximum Gasteiger partial charge on any atom is 0.416 e. The van der Waals surface area contributed by atoms with Gasteiger partial charge in [-0.2, -0.15) is 18.2 Å². The molecule has 2 aliphatic rings. The molecule has 5 rings (SSSR count). The fraction of sp³-hybridized carbons (Fsp3) is 0.417. The normalized spacial score (nSPS) is 18.1. The van der Waals surface area contributed by atoms with Crippen LogP contribution in [0, 0.1) is 15.5 Å². The highest BCUT2D eigenvalue weighted by molar-refractivity contribution is 7.22. The molecular formula is C24H21Cl2F3N4O3S. The first-order chi connectivity index (χ1) is 17.4. The van der Waals surface area contributed by atoms with Crippen molar-refractivity contribution in [1.82, 2.24) is 9.88 Å². The molecule has 7 nitrogen and oxygen atoms in total. The van der Waals surface area contributed by atoms with Crippen molar-refractivity contribution < 1.29 is 18.1 Å². The largest absolute Gasteiger partial charge is 0.416 e. The van der Waals surface area contributed by atoms with E-state index < -0.39 is 33.3 Å². The minimum Gasteiger partial charge on any atom is -0.348 e. The molecule has 3 heterocycles. The van der Waals surface area contributed by atoms with Crippen molar-refractivity contribution in [2.75, 3.05) is 31.1 Å². The van der Waals surface area contributed by atoms with E-state index in [-0.39, 0.29) is 15.2 Å². The van der Waals surface area contributed by atoms with Crippen molar-refractivity contribution >= 4 is 55.4 Å². The first kappa shape index (κ1) is 26.1. The van der Waals surface area contributed by atoms with Gasteiger partial charge in [-0.15, -0.1) is 0 Å². The second-order valence-electron chi connectivity index (χ2n) is 9.61. The lowest BCUT2D eigenvalue weighted by Gasteiger charge is -2.39. The standard InChI is InChI=1S/C24H21Cl2F3N4O3S/c25-16-2-1-14(18(26)11-16)12-31-6-3-23(13-31)4-7-32(8-5-23)22-30-21(34)17-9-15(24(27,28)29)10-19(33(35)36)20(17)37-22/h1-2,9-11H,3-8,12-13H2. The number of anilines is 1. The highest BCUT2D eigenvalue weighted by Crippen LogP contribution is 2.43. The van der Waals surface area contributed by atoms with Crippen molar-refractivity contribution in [2.45, 2.75) is 32.0 Å². The van der Waals surface area contributed by atoms with E-state index in [9.17, 15) is 28.1 Å². The molecule has 0 saturated carbocycles.